The number of hydrogen-bond acceptors (Lipinski definition) is 4. The van der Waals surface area contributed by atoms with Crippen LogP contribution in [0.1, 0.15) is 24.8 Å². The van der Waals surface area contributed by atoms with E-state index in [1.54, 1.807) is 0 Å². The number of benzene rings is 1. The van der Waals surface area contributed by atoms with Crippen LogP contribution in [0.3, 0.4) is 0 Å². The molecular weight excluding hydrogens is 268 g/mol. The Balaban J connectivity index is 1.89. The molecule has 3 atom stereocenters. The highest BCUT2D eigenvalue weighted by molar-refractivity contribution is 5.89. The molecular formula is C17H18O4. The van der Waals surface area contributed by atoms with Gasteiger partial charge in [0.25, 0.3) is 0 Å². The normalized spacial score (nSPS) is 35.4. The molecule has 1 aliphatic heterocycles. The van der Waals surface area contributed by atoms with E-state index in [9.17, 15) is 9.59 Å². The maximum atomic E-state index is 12.7. The van der Waals surface area contributed by atoms with Gasteiger partial charge in [-0.05, 0) is 30.2 Å². The van der Waals surface area contributed by atoms with Crippen molar-refractivity contribution in [3.63, 3.8) is 0 Å². The molecule has 1 spiro atoms. The van der Waals surface area contributed by atoms with Crippen LogP contribution in [0.2, 0.25) is 0 Å². The second-order valence-corrected chi connectivity index (χ2v) is 6.58. The third kappa shape index (κ3) is 1.50. The second-order valence-electron chi connectivity index (χ2n) is 6.58. The number of methoxy groups -OCH3 is 1. The van der Waals surface area contributed by atoms with Crippen molar-refractivity contribution >= 4 is 11.9 Å². The largest absolute Gasteiger partial charge is 0.468 e. The zero-order valence-electron chi connectivity index (χ0n) is 12.0. The third-order valence-corrected chi connectivity index (χ3v) is 5.72. The van der Waals surface area contributed by atoms with E-state index in [1.807, 2.05) is 30.3 Å². The summed E-state index contributed by atoms with van der Waals surface area (Å²) in [6, 6.07) is 9.75. The van der Waals surface area contributed by atoms with E-state index in [0.29, 0.717) is 13.0 Å². The highest BCUT2D eigenvalue weighted by atomic mass is 16.5. The third-order valence-electron chi connectivity index (χ3n) is 5.72. The molecule has 4 rings (SSSR count). The molecule has 0 N–H and O–H groups in total. The Morgan fingerprint density at radius 1 is 1.29 bits per heavy atom. The van der Waals surface area contributed by atoms with E-state index in [-0.39, 0.29) is 29.2 Å². The number of ether oxygens (including phenoxy) is 2. The van der Waals surface area contributed by atoms with Crippen molar-refractivity contribution in [1.82, 2.24) is 0 Å². The van der Waals surface area contributed by atoms with Gasteiger partial charge in [-0.3, -0.25) is 9.59 Å². The Kier molecular flexibility index (Phi) is 2.51. The number of rotatable bonds is 2. The molecule has 110 valence electrons. The van der Waals surface area contributed by atoms with Crippen molar-refractivity contribution in [2.45, 2.75) is 24.7 Å². The molecule has 0 radical (unpaired) electrons. The van der Waals surface area contributed by atoms with E-state index in [1.165, 1.54) is 7.11 Å². The van der Waals surface area contributed by atoms with Crippen LogP contribution in [0, 0.1) is 17.3 Å². The molecule has 4 nitrogen and oxygen atoms in total. The van der Waals surface area contributed by atoms with Gasteiger partial charge < -0.3 is 9.47 Å². The summed E-state index contributed by atoms with van der Waals surface area (Å²) in [4.78, 5) is 24.9. The van der Waals surface area contributed by atoms with Crippen LogP contribution in [-0.2, 0) is 24.5 Å². The minimum absolute atomic E-state index is 0.0394. The van der Waals surface area contributed by atoms with Gasteiger partial charge in [-0.15, -0.1) is 0 Å². The van der Waals surface area contributed by atoms with Crippen molar-refractivity contribution < 1.29 is 19.1 Å². The first-order chi connectivity index (χ1) is 10.1. The first-order valence-electron chi connectivity index (χ1n) is 7.45. The standard InChI is InChI=1S/C17H18O4/c1-20-15(19)17(11-5-3-2-4-6-11)10-16(7-8-16)13-12(17)9-21-14(13)18/h2-6,12-13H,7-10H2,1H3/t12-,13-,17+/m1/s1. The molecule has 0 bridgehead atoms. The summed E-state index contributed by atoms with van der Waals surface area (Å²) in [6.45, 7) is 0.329. The van der Waals surface area contributed by atoms with Crippen LogP contribution in [0.5, 0.6) is 0 Å². The first-order valence-corrected chi connectivity index (χ1v) is 7.45. The smallest absolute Gasteiger partial charge is 0.316 e. The van der Waals surface area contributed by atoms with Gasteiger partial charge >= 0.3 is 11.9 Å². The van der Waals surface area contributed by atoms with E-state index >= 15 is 0 Å². The van der Waals surface area contributed by atoms with Crippen molar-refractivity contribution in [1.29, 1.82) is 0 Å². The van der Waals surface area contributed by atoms with Crippen LogP contribution in [0.25, 0.3) is 0 Å². The maximum absolute atomic E-state index is 12.7. The average Bonchev–Trinajstić information content (AvgIpc) is 3.07. The molecule has 0 amide bonds. The van der Waals surface area contributed by atoms with Gasteiger partial charge in [0, 0.05) is 5.92 Å². The van der Waals surface area contributed by atoms with Crippen molar-refractivity contribution in [2.24, 2.45) is 17.3 Å². The summed E-state index contributed by atoms with van der Waals surface area (Å²) in [5, 5.41) is 0. The van der Waals surface area contributed by atoms with E-state index < -0.39 is 5.41 Å². The van der Waals surface area contributed by atoms with Crippen molar-refractivity contribution in [3.8, 4) is 0 Å². The summed E-state index contributed by atoms with van der Waals surface area (Å²) in [7, 11) is 1.43. The average molecular weight is 286 g/mol. The molecule has 0 aromatic heterocycles. The maximum Gasteiger partial charge on any atom is 0.316 e. The van der Waals surface area contributed by atoms with Crippen molar-refractivity contribution in [3.05, 3.63) is 35.9 Å². The highest BCUT2D eigenvalue weighted by Gasteiger charge is 2.73. The van der Waals surface area contributed by atoms with Crippen molar-refractivity contribution in [2.75, 3.05) is 13.7 Å². The molecule has 1 saturated heterocycles. The van der Waals surface area contributed by atoms with Crippen LogP contribution in [0.4, 0.5) is 0 Å². The molecule has 0 unspecified atom stereocenters. The molecule has 1 aromatic rings. The monoisotopic (exact) mass is 286 g/mol. The minimum Gasteiger partial charge on any atom is -0.468 e. The number of cyclic esters (lactones) is 1. The molecule has 1 heterocycles. The Morgan fingerprint density at radius 2 is 2.00 bits per heavy atom. The molecule has 3 fully saturated rings. The fraction of sp³-hybridized carbons (Fsp3) is 0.529. The molecule has 2 aliphatic carbocycles. The van der Waals surface area contributed by atoms with Crippen LogP contribution in [-0.4, -0.2) is 25.7 Å². The fourth-order valence-corrected chi connectivity index (χ4v) is 4.65. The summed E-state index contributed by atoms with van der Waals surface area (Å²) in [5.41, 5.74) is 0.181. The van der Waals surface area contributed by atoms with Crippen LogP contribution >= 0.6 is 0 Å². The molecule has 2 saturated carbocycles. The van der Waals surface area contributed by atoms with Gasteiger partial charge in [0.05, 0.1) is 19.6 Å². The molecule has 1 aromatic carbocycles. The van der Waals surface area contributed by atoms with Crippen LogP contribution in [0.15, 0.2) is 30.3 Å². The summed E-state index contributed by atoms with van der Waals surface area (Å²) >= 11 is 0. The Morgan fingerprint density at radius 3 is 2.62 bits per heavy atom. The lowest BCUT2D eigenvalue weighted by atomic mass is 9.71. The predicted molar refractivity (Wildman–Crippen MR) is 74.4 cm³/mol. The lowest BCUT2D eigenvalue weighted by Gasteiger charge is -2.31. The number of carbonyl (C=O) groups excluding carboxylic acids is 2. The molecule has 3 aliphatic rings. The van der Waals surface area contributed by atoms with E-state index in [0.717, 1.165) is 18.4 Å². The Labute approximate surface area is 123 Å². The summed E-state index contributed by atoms with van der Waals surface area (Å²) < 4.78 is 10.5. The van der Waals surface area contributed by atoms with Gasteiger partial charge in [0.15, 0.2) is 0 Å². The fourth-order valence-electron chi connectivity index (χ4n) is 4.65. The zero-order chi connectivity index (χ0) is 14.7. The Bertz CT molecular complexity index is 604. The van der Waals surface area contributed by atoms with Crippen LogP contribution < -0.4 is 0 Å². The summed E-state index contributed by atoms with van der Waals surface area (Å²) in [6.07, 6.45) is 2.73. The predicted octanol–water partition coefficient (Wildman–Crippen LogP) is 2.07. The Hall–Kier alpha value is -1.84. The topological polar surface area (TPSA) is 52.6 Å². The quantitative estimate of drug-likeness (QED) is 0.781. The molecule has 4 heteroatoms. The van der Waals surface area contributed by atoms with Gasteiger partial charge in [-0.2, -0.15) is 0 Å². The van der Waals surface area contributed by atoms with E-state index in [2.05, 4.69) is 0 Å². The molecule has 21 heavy (non-hydrogen) atoms. The van der Waals surface area contributed by atoms with Gasteiger partial charge in [0.1, 0.15) is 5.41 Å². The second kappa shape index (κ2) is 4.09. The zero-order valence-corrected chi connectivity index (χ0v) is 12.0. The minimum atomic E-state index is -0.733. The number of fused-ring (bicyclic) bond motifs is 2. The highest BCUT2D eigenvalue weighted by Crippen LogP contribution is 2.71. The number of esters is 2. The lowest BCUT2D eigenvalue weighted by molar-refractivity contribution is -0.150. The number of hydrogen-bond donors (Lipinski definition) is 0. The van der Waals surface area contributed by atoms with Gasteiger partial charge in [0.2, 0.25) is 0 Å². The summed E-state index contributed by atoms with van der Waals surface area (Å²) in [5.74, 6) is -0.593. The number of carbonyl (C=O) groups is 2. The van der Waals surface area contributed by atoms with Gasteiger partial charge in [-0.1, -0.05) is 30.3 Å². The first kappa shape index (κ1) is 12.9. The SMILES string of the molecule is COC(=O)[C@]1(c2ccccc2)CC2(CC2)[C@H]2C(=O)OC[C@H]21. The van der Waals surface area contributed by atoms with Gasteiger partial charge in [-0.25, -0.2) is 0 Å². The van der Waals surface area contributed by atoms with E-state index in [4.69, 9.17) is 9.47 Å². The lowest BCUT2D eigenvalue weighted by Crippen LogP contribution is -2.42.